The molecule has 0 aliphatic heterocycles. The highest BCUT2D eigenvalue weighted by Gasteiger charge is 2.08. The molecule has 1 amide bonds. The average molecular weight is 379 g/mol. The van der Waals surface area contributed by atoms with Gasteiger partial charge in [0, 0.05) is 0 Å². The van der Waals surface area contributed by atoms with Crippen LogP contribution in [0.1, 0.15) is 0 Å². The Morgan fingerprint density at radius 2 is 1.50 bits per heavy atom. The number of rotatable bonds is 9. The highest BCUT2D eigenvalue weighted by atomic mass is 16.6. The summed E-state index contributed by atoms with van der Waals surface area (Å²) in [6.45, 7) is 0.0294. The summed E-state index contributed by atoms with van der Waals surface area (Å²) in [4.78, 5) is 23.4. The third-order valence-corrected chi connectivity index (χ3v) is 3.88. The Kier molecular flexibility index (Phi) is 6.84. The van der Waals surface area contributed by atoms with Crippen molar-refractivity contribution < 1.29 is 23.8 Å². The van der Waals surface area contributed by atoms with Crippen molar-refractivity contribution in [2.75, 3.05) is 26.4 Å². The monoisotopic (exact) mass is 379 g/mol. The first-order valence-corrected chi connectivity index (χ1v) is 8.92. The Morgan fingerprint density at radius 1 is 0.750 bits per heavy atom. The minimum Gasteiger partial charge on any atom is -0.492 e. The van der Waals surface area contributed by atoms with Gasteiger partial charge in [-0.15, -0.1) is 0 Å². The Labute approximate surface area is 163 Å². The SMILES string of the molecule is O=C(COC(=O)COc1ccc2ccccc2c1)NCCOc1ccccc1. The van der Waals surface area contributed by atoms with E-state index >= 15 is 0 Å². The molecule has 0 spiro atoms. The van der Waals surface area contributed by atoms with Gasteiger partial charge in [-0.05, 0) is 35.0 Å². The third-order valence-electron chi connectivity index (χ3n) is 3.88. The molecule has 0 aliphatic carbocycles. The first-order valence-electron chi connectivity index (χ1n) is 8.92. The van der Waals surface area contributed by atoms with Gasteiger partial charge in [-0.25, -0.2) is 4.79 Å². The minimum absolute atomic E-state index is 0.261. The molecular weight excluding hydrogens is 358 g/mol. The Bertz CT molecular complexity index is 926. The largest absolute Gasteiger partial charge is 0.492 e. The number of para-hydroxylation sites is 1. The number of carbonyl (C=O) groups excluding carboxylic acids is 2. The van der Waals surface area contributed by atoms with Gasteiger partial charge in [0.05, 0.1) is 6.54 Å². The zero-order chi connectivity index (χ0) is 19.6. The highest BCUT2D eigenvalue weighted by molar-refractivity contribution is 5.84. The number of benzene rings is 3. The van der Waals surface area contributed by atoms with Crippen molar-refractivity contribution in [3.63, 3.8) is 0 Å². The summed E-state index contributed by atoms with van der Waals surface area (Å²) in [5.41, 5.74) is 0. The molecular formula is C22H21NO5. The van der Waals surface area contributed by atoms with Gasteiger partial charge < -0.3 is 19.5 Å². The van der Waals surface area contributed by atoms with E-state index in [1.54, 1.807) is 6.07 Å². The van der Waals surface area contributed by atoms with Crippen LogP contribution in [0.4, 0.5) is 0 Å². The lowest BCUT2D eigenvalue weighted by Gasteiger charge is -2.09. The Morgan fingerprint density at radius 3 is 2.32 bits per heavy atom. The van der Waals surface area contributed by atoms with Crippen LogP contribution < -0.4 is 14.8 Å². The highest BCUT2D eigenvalue weighted by Crippen LogP contribution is 2.20. The van der Waals surface area contributed by atoms with Crippen LogP contribution in [0.2, 0.25) is 0 Å². The fourth-order valence-corrected chi connectivity index (χ4v) is 2.51. The molecule has 0 aromatic heterocycles. The van der Waals surface area contributed by atoms with Crippen LogP contribution in [-0.4, -0.2) is 38.2 Å². The fourth-order valence-electron chi connectivity index (χ4n) is 2.51. The smallest absolute Gasteiger partial charge is 0.344 e. The molecule has 28 heavy (non-hydrogen) atoms. The molecule has 3 aromatic carbocycles. The van der Waals surface area contributed by atoms with Crippen molar-refractivity contribution in [2.45, 2.75) is 0 Å². The predicted octanol–water partition coefficient (Wildman–Crippen LogP) is 2.96. The predicted molar refractivity (Wildman–Crippen MR) is 105 cm³/mol. The van der Waals surface area contributed by atoms with Crippen molar-refractivity contribution in [1.82, 2.24) is 5.32 Å². The number of carbonyl (C=O) groups is 2. The molecule has 0 radical (unpaired) electrons. The maximum absolute atomic E-state index is 11.7. The first-order chi connectivity index (χ1) is 13.7. The number of hydrogen-bond donors (Lipinski definition) is 1. The molecule has 0 fully saturated rings. The van der Waals surface area contributed by atoms with E-state index in [0.29, 0.717) is 18.9 Å². The van der Waals surface area contributed by atoms with E-state index in [-0.39, 0.29) is 13.2 Å². The summed E-state index contributed by atoms with van der Waals surface area (Å²) in [6, 6.07) is 22.7. The van der Waals surface area contributed by atoms with E-state index in [0.717, 1.165) is 16.5 Å². The summed E-state index contributed by atoms with van der Waals surface area (Å²) in [5, 5.41) is 4.73. The number of nitrogens with one attached hydrogen (secondary N) is 1. The minimum atomic E-state index is -0.608. The molecule has 144 valence electrons. The van der Waals surface area contributed by atoms with Gasteiger partial charge in [0.15, 0.2) is 13.2 Å². The van der Waals surface area contributed by atoms with Crippen LogP contribution in [-0.2, 0) is 14.3 Å². The average Bonchev–Trinajstić information content (AvgIpc) is 2.74. The first kappa shape index (κ1) is 19.2. The van der Waals surface area contributed by atoms with Gasteiger partial charge in [0.1, 0.15) is 18.1 Å². The second kappa shape index (κ2) is 9.97. The maximum Gasteiger partial charge on any atom is 0.344 e. The molecule has 6 nitrogen and oxygen atoms in total. The zero-order valence-electron chi connectivity index (χ0n) is 15.3. The van der Waals surface area contributed by atoms with E-state index in [4.69, 9.17) is 14.2 Å². The van der Waals surface area contributed by atoms with Crippen LogP contribution >= 0.6 is 0 Å². The van der Waals surface area contributed by atoms with Crippen molar-refractivity contribution >= 4 is 22.6 Å². The van der Waals surface area contributed by atoms with Gasteiger partial charge in [0.2, 0.25) is 0 Å². The summed E-state index contributed by atoms with van der Waals surface area (Å²) in [5.74, 6) is 0.298. The Balaban J connectivity index is 1.31. The summed E-state index contributed by atoms with van der Waals surface area (Å²) >= 11 is 0. The number of ether oxygens (including phenoxy) is 3. The van der Waals surface area contributed by atoms with Crippen LogP contribution in [0.5, 0.6) is 11.5 Å². The molecule has 0 saturated heterocycles. The molecule has 0 unspecified atom stereocenters. The van der Waals surface area contributed by atoms with E-state index < -0.39 is 11.9 Å². The summed E-state index contributed by atoms with van der Waals surface area (Å²) < 4.78 is 15.8. The molecule has 6 heteroatoms. The third kappa shape index (κ3) is 6.02. The molecule has 0 bridgehead atoms. The van der Waals surface area contributed by atoms with Crippen LogP contribution in [0, 0.1) is 0 Å². The van der Waals surface area contributed by atoms with Crippen molar-refractivity contribution in [3.05, 3.63) is 72.8 Å². The maximum atomic E-state index is 11.7. The lowest BCUT2D eigenvalue weighted by atomic mass is 10.1. The van der Waals surface area contributed by atoms with E-state index in [9.17, 15) is 9.59 Å². The molecule has 0 aliphatic rings. The van der Waals surface area contributed by atoms with E-state index in [1.807, 2.05) is 66.7 Å². The van der Waals surface area contributed by atoms with Crippen molar-refractivity contribution in [3.8, 4) is 11.5 Å². The van der Waals surface area contributed by atoms with Crippen LogP contribution in [0.25, 0.3) is 10.8 Å². The van der Waals surface area contributed by atoms with Gasteiger partial charge in [-0.1, -0.05) is 48.5 Å². The van der Waals surface area contributed by atoms with E-state index in [1.165, 1.54) is 0 Å². The topological polar surface area (TPSA) is 73.9 Å². The molecule has 0 saturated carbocycles. The number of hydrogen-bond acceptors (Lipinski definition) is 5. The van der Waals surface area contributed by atoms with Crippen molar-refractivity contribution in [1.29, 1.82) is 0 Å². The molecule has 0 heterocycles. The zero-order valence-corrected chi connectivity index (χ0v) is 15.3. The normalized spacial score (nSPS) is 10.3. The Hall–Kier alpha value is -3.54. The number of amides is 1. The van der Waals surface area contributed by atoms with Crippen LogP contribution in [0.15, 0.2) is 72.8 Å². The standard InChI is InChI=1S/C22H21NO5/c24-21(23-12-13-26-19-8-2-1-3-9-19)15-28-22(25)16-27-20-11-10-17-6-4-5-7-18(17)14-20/h1-11,14H,12-13,15-16H2,(H,23,24). The lowest BCUT2D eigenvalue weighted by molar-refractivity contribution is -0.150. The number of esters is 1. The lowest BCUT2D eigenvalue weighted by Crippen LogP contribution is -2.32. The van der Waals surface area contributed by atoms with Crippen molar-refractivity contribution in [2.24, 2.45) is 0 Å². The quantitative estimate of drug-likeness (QED) is 0.457. The van der Waals surface area contributed by atoms with E-state index in [2.05, 4.69) is 5.32 Å². The van der Waals surface area contributed by atoms with Gasteiger partial charge >= 0.3 is 5.97 Å². The summed E-state index contributed by atoms with van der Waals surface area (Å²) in [7, 11) is 0. The number of fused-ring (bicyclic) bond motifs is 1. The second-order valence-corrected chi connectivity index (χ2v) is 5.97. The van der Waals surface area contributed by atoms with Gasteiger partial charge in [0.25, 0.3) is 5.91 Å². The molecule has 3 rings (SSSR count). The van der Waals surface area contributed by atoms with Gasteiger partial charge in [-0.2, -0.15) is 0 Å². The molecule has 3 aromatic rings. The van der Waals surface area contributed by atoms with Gasteiger partial charge in [-0.3, -0.25) is 4.79 Å². The van der Waals surface area contributed by atoms with Crippen LogP contribution in [0.3, 0.4) is 0 Å². The molecule has 1 N–H and O–H groups in total. The second-order valence-electron chi connectivity index (χ2n) is 5.97. The summed E-state index contributed by atoms with van der Waals surface area (Å²) in [6.07, 6.45) is 0. The fraction of sp³-hybridized carbons (Fsp3) is 0.182. The molecule has 0 atom stereocenters.